The quantitative estimate of drug-likeness (QED) is 0.807. The number of aliphatic hydroxyl groups excluding tert-OH is 1. The Morgan fingerprint density at radius 1 is 1.75 bits per heavy atom. The number of anilines is 1. The highest BCUT2D eigenvalue weighted by Gasteiger charge is 2.10. The minimum absolute atomic E-state index is 0.103. The van der Waals surface area contributed by atoms with Crippen molar-refractivity contribution in [2.75, 3.05) is 19.0 Å². The standard InChI is InChI=1S/C10H17N3O2S/c1-7(5-14)13(3)4-9-6-16-10(12-9)11-8(2)15/h6-7,14H,4-5H2,1-3H3,(H,11,12,15). The topological polar surface area (TPSA) is 65.5 Å². The molecule has 0 aliphatic carbocycles. The van der Waals surface area contributed by atoms with E-state index in [1.807, 2.05) is 24.3 Å². The van der Waals surface area contributed by atoms with Gasteiger partial charge in [-0.05, 0) is 14.0 Å². The maximum Gasteiger partial charge on any atom is 0.223 e. The zero-order valence-corrected chi connectivity index (χ0v) is 10.5. The van der Waals surface area contributed by atoms with Gasteiger partial charge < -0.3 is 10.4 Å². The summed E-state index contributed by atoms with van der Waals surface area (Å²) >= 11 is 1.41. The average Bonchev–Trinajstić information content (AvgIpc) is 2.63. The number of thiazole rings is 1. The number of nitrogens with one attached hydrogen (secondary N) is 1. The third-order valence-electron chi connectivity index (χ3n) is 2.26. The van der Waals surface area contributed by atoms with Crippen LogP contribution in [0, 0.1) is 0 Å². The van der Waals surface area contributed by atoms with Gasteiger partial charge in [0, 0.05) is 24.9 Å². The van der Waals surface area contributed by atoms with Gasteiger partial charge in [0.15, 0.2) is 5.13 Å². The summed E-state index contributed by atoms with van der Waals surface area (Å²) in [5.41, 5.74) is 0.900. The summed E-state index contributed by atoms with van der Waals surface area (Å²) in [6.07, 6.45) is 0. The molecule has 1 atom stereocenters. The van der Waals surface area contributed by atoms with Crippen LogP contribution in [-0.2, 0) is 11.3 Å². The molecule has 0 spiro atoms. The predicted octanol–water partition coefficient (Wildman–Crippen LogP) is 0.914. The third kappa shape index (κ3) is 3.88. The molecule has 0 saturated carbocycles. The molecule has 1 heterocycles. The van der Waals surface area contributed by atoms with Gasteiger partial charge in [0.05, 0.1) is 12.3 Å². The first-order valence-electron chi connectivity index (χ1n) is 5.06. The second-order valence-corrected chi connectivity index (χ2v) is 4.63. The Hall–Kier alpha value is -0.980. The van der Waals surface area contributed by atoms with E-state index in [1.54, 1.807) is 0 Å². The fourth-order valence-corrected chi connectivity index (χ4v) is 1.89. The molecule has 1 aromatic heterocycles. The van der Waals surface area contributed by atoms with Crippen molar-refractivity contribution in [1.82, 2.24) is 9.88 Å². The Balaban J connectivity index is 2.54. The molecule has 90 valence electrons. The lowest BCUT2D eigenvalue weighted by Crippen LogP contribution is -2.31. The summed E-state index contributed by atoms with van der Waals surface area (Å²) in [6, 6.07) is 0.103. The van der Waals surface area contributed by atoms with Crippen LogP contribution in [0.2, 0.25) is 0 Å². The molecular weight excluding hydrogens is 226 g/mol. The first-order chi connectivity index (χ1) is 7.52. The number of rotatable bonds is 5. The van der Waals surface area contributed by atoms with Crippen molar-refractivity contribution in [3.8, 4) is 0 Å². The van der Waals surface area contributed by atoms with Gasteiger partial charge in [-0.1, -0.05) is 0 Å². The number of carbonyl (C=O) groups excluding carboxylic acids is 1. The lowest BCUT2D eigenvalue weighted by Gasteiger charge is -2.21. The highest BCUT2D eigenvalue weighted by atomic mass is 32.1. The van der Waals surface area contributed by atoms with E-state index in [-0.39, 0.29) is 18.6 Å². The molecule has 0 radical (unpaired) electrons. The second-order valence-electron chi connectivity index (χ2n) is 3.77. The number of amides is 1. The van der Waals surface area contributed by atoms with Crippen LogP contribution in [0.5, 0.6) is 0 Å². The normalized spacial score (nSPS) is 12.8. The molecule has 1 rings (SSSR count). The zero-order chi connectivity index (χ0) is 12.1. The Labute approximate surface area is 99.1 Å². The lowest BCUT2D eigenvalue weighted by molar-refractivity contribution is -0.114. The lowest BCUT2D eigenvalue weighted by atomic mass is 10.3. The molecule has 0 aromatic carbocycles. The monoisotopic (exact) mass is 243 g/mol. The Morgan fingerprint density at radius 3 is 3.00 bits per heavy atom. The molecule has 5 nitrogen and oxygen atoms in total. The van der Waals surface area contributed by atoms with Crippen LogP contribution in [-0.4, -0.2) is 40.6 Å². The summed E-state index contributed by atoms with van der Waals surface area (Å²) in [7, 11) is 1.93. The molecule has 6 heteroatoms. The Kier molecular flexibility index (Phi) is 4.85. The zero-order valence-electron chi connectivity index (χ0n) is 9.73. The van der Waals surface area contributed by atoms with Crippen molar-refractivity contribution in [1.29, 1.82) is 0 Å². The predicted molar refractivity (Wildman–Crippen MR) is 64.4 cm³/mol. The number of hydrogen-bond acceptors (Lipinski definition) is 5. The van der Waals surface area contributed by atoms with Crippen LogP contribution in [0.15, 0.2) is 5.38 Å². The fraction of sp³-hybridized carbons (Fsp3) is 0.600. The van der Waals surface area contributed by atoms with Crippen LogP contribution in [0.4, 0.5) is 5.13 Å². The van der Waals surface area contributed by atoms with Crippen LogP contribution >= 0.6 is 11.3 Å². The van der Waals surface area contributed by atoms with Gasteiger partial charge >= 0.3 is 0 Å². The van der Waals surface area contributed by atoms with Gasteiger partial charge in [-0.3, -0.25) is 9.69 Å². The molecule has 0 bridgehead atoms. The molecule has 2 N–H and O–H groups in total. The summed E-state index contributed by atoms with van der Waals surface area (Å²) < 4.78 is 0. The second kappa shape index (κ2) is 5.93. The van der Waals surface area contributed by atoms with Crippen molar-refractivity contribution in [3.63, 3.8) is 0 Å². The smallest absolute Gasteiger partial charge is 0.223 e. The van der Waals surface area contributed by atoms with E-state index < -0.39 is 0 Å². The van der Waals surface area contributed by atoms with E-state index in [4.69, 9.17) is 5.11 Å². The maximum atomic E-state index is 10.8. The molecular formula is C10H17N3O2S. The van der Waals surface area contributed by atoms with Gasteiger partial charge in [0.1, 0.15) is 0 Å². The van der Waals surface area contributed by atoms with Gasteiger partial charge in [-0.2, -0.15) is 0 Å². The van der Waals surface area contributed by atoms with E-state index in [1.165, 1.54) is 18.3 Å². The molecule has 0 aliphatic rings. The highest BCUT2D eigenvalue weighted by molar-refractivity contribution is 7.13. The summed E-state index contributed by atoms with van der Waals surface area (Å²) in [4.78, 5) is 17.1. The number of hydrogen-bond donors (Lipinski definition) is 2. The Morgan fingerprint density at radius 2 is 2.44 bits per heavy atom. The van der Waals surface area contributed by atoms with Crippen LogP contribution in [0.1, 0.15) is 19.5 Å². The third-order valence-corrected chi connectivity index (χ3v) is 3.07. The number of aliphatic hydroxyl groups is 1. The number of likely N-dealkylation sites (N-methyl/N-ethyl adjacent to an activating group) is 1. The summed E-state index contributed by atoms with van der Waals surface area (Å²) in [5, 5.41) is 14.2. The van der Waals surface area contributed by atoms with Gasteiger partial charge in [-0.25, -0.2) is 4.98 Å². The fourth-order valence-electron chi connectivity index (χ4n) is 1.14. The number of nitrogens with zero attached hydrogens (tertiary/aromatic N) is 2. The number of aromatic nitrogens is 1. The molecule has 1 amide bonds. The maximum absolute atomic E-state index is 10.8. The summed E-state index contributed by atoms with van der Waals surface area (Å²) in [5.74, 6) is -0.113. The number of carbonyl (C=O) groups is 1. The Bertz CT molecular complexity index is 354. The van der Waals surface area contributed by atoms with Crippen molar-refractivity contribution in [2.24, 2.45) is 0 Å². The van der Waals surface area contributed by atoms with Crippen LogP contribution in [0.25, 0.3) is 0 Å². The van der Waals surface area contributed by atoms with E-state index in [9.17, 15) is 4.79 Å². The van der Waals surface area contributed by atoms with Crippen LogP contribution in [0.3, 0.4) is 0 Å². The van der Waals surface area contributed by atoms with Crippen molar-refractivity contribution < 1.29 is 9.90 Å². The van der Waals surface area contributed by atoms with Crippen LogP contribution < -0.4 is 5.32 Å². The molecule has 0 aliphatic heterocycles. The van der Waals surface area contributed by atoms with Crippen molar-refractivity contribution in [3.05, 3.63) is 11.1 Å². The molecule has 0 fully saturated rings. The molecule has 16 heavy (non-hydrogen) atoms. The average molecular weight is 243 g/mol. The SMILES string of the molecule is CC(=O)Nc1nc(CN(C)C(C)CO)cs1. The highest BCUT2D eigenvalue weighted by Crippen LogP contribution is 2.16. The molecule has 1 aromatic rings. The first kappa shape index (κ1) is 13.1. The van der Waals surface area contributed by atoms with Crippen molar-refractivity contribution in [2.45, 2.75) is 26.4 Å². The van der Waals surface area contributed by atoms with Gasteiger partial charge in [-0.15, -0.1) is 11.3 Å². The van der Waals surface area contributed by atoms with Crippen molar-refractivity contribution >= 4 is 22.4 Å². The first-order valence-corrected chi connectivity index (χ1v) is 5.94. The van der Waals surface area contributed by atoms with E-state index in [0.29, 0.717) is 11.7 Å². The van der Waals surface area contributed by atoms with E-state index >= 15 is 0 Å². The molecule has 1 unspecified atom stereocenters. The molecule has 0 saturated heterocycles. The summed E-state index contributed by atoms with van der Waals surface area (Å²) in [6.45, 7) is 4.19. The van der Waals surface area contributed by atoms with Gasteiger partial charge in [0.2, 0.25) is 5.91 Å². The van der Waals surface area contributed by atoms with E-state index in [0.717, 1.165) is 5.69 Å². The minimum Gasteiger partial charge on any atom is -0.395 e. The van der Waals surface area contributed by atoms with E-state index in [2.05, 4.69) is 10.3 Å². The van der Waals surface area contributed by atoms with Gasteiger partial charge in [0.25, 0.3) is 0 Å². The minimum atomic E-state index is -0.113. The largest absolute Gasteiger partial charge is 0.395 e.